The third kappa shape index (κ3) is 2.40. The van der Waals surface area contributed by atoms with Crippen LogP contribution in [-0.4, -0.2) is 22.5 Å². The number of carbonyl (C=O) groups excluding carboxylic acids is 1. The fourth-order valence-corrected chi connectivity index (χ4v) is 3.56. The molecule has 1 aliphatic heterocycles. The van der Waals surface area contributed by atoms with Gasteiger partial charge in [-0.3, -0.25) is 4.79 Å². The topological polar surface area (TPSA) is 59.5 Å². The maximum absolute atomic E-state index is 12.8. The number of hydrogen-bond acceptors (Lipinski definition) is 4. The summed E-state index contributed by atoms with van der Waals surface area (Å²) in [5, 5.41) is 5.04. The molecule has 1 atom stereocenters. The Labute approximate surface area is 140 Å². The molecule has 0 unspecified atom stereocenters. The number of benzene rings is 1. The number of carbonyl (C=O) groups is 1. The molecule has 2 aromatic heterocycles. The zero-order chi connectivity index (χ0) is 16.7. The lowest BCUT2D eigenvalue weighted by Crippen LogP contribution is -2.31. The third-order valence-electron chi connectivity index (χ3n) is 5.06. The van der Waals surface area contributed by atoms with Crippen molar-refractivity contribution in [1.29, 1.82) is 0 Å². The van der Waals surface area contributed by atoms with Crippen LogP contribution < -0.4 is 0 Å². The molecule has 5 heteroatoms. The number of nitrogens with zero attached hydrogens (tertiary/aromatic N) is 2. The van der Waals surface area contributed by atoms with Crippen LogP contribution in [0.25, 0.3) is 11.0 Å². The van der Waals surface area contributed by atoms with Gasteiger partial charge in [0.05, 0.1) is 18.7 Å². The van der Waals surface area contributed by atoms with Crippen LogP contribution in [0.15, 0.2) is 39.7 Å². The monoisotopic (exact) mass is 324 g/mol. The number of likely N-dealkylation sites (tertiary alicyclic amines) is 1. The number of rotatable bonds is 3. The Morgan fingerprint density at radius 1 is 1.33 bits per heavy atom. The van der Waals surface area contributed by atoms with Gasteiger partial charge in [0, 0.05) is 23.6 Å². The average molecular weight is 324 g/mol. The van der Waals surface area contributed by atoms with E-state index in [2.05, 4.69) is 18.1 Å². The number of aromatic nitrogens is 1. The Bertz CT molecular complexity index is 880. The number of aryl methyl sites for hydroxylation is 2. The van der Waals surface area contributed by atoms with Crippen molar-refractivity contribution in [3.8, 4) is 0 Å². The second-order valence-corrected chi connectivity index (χ2v) is 6.49. The van der Waals surface area contributed by atoms with Gasteiger partial charge in [0.1, 0.15) is 17.5 Å². The maximum Gasteiger partial charge on any atom is 0.227 e. The third-order valence-corrected chi connectivity index (χ3v) is 5.06. The van der Waals surface area contributed by atoms with Gasteiger partial charge < -0.3 is 13.8 Å². The van der Waals surface area contributed by atoms with Crippen LogP contribution in [0, 0.1) is 13.8 Å². The van der Waals surface area contributed by atoms with Crippen LogP contribution in [0.2, 0.25) is 0 Å². The van der Waals surface area contributed by atoms with Gasteiger partial charge in [-0.15, -0.1) is 0 Å². The lowest BCUT2D eigenvalue weighted by atomic mass is 10.0. The Hall–Kier alpha value is -2.56. The molecular formula is C19H20N2O3. The molecule has 0 aliphatic carbocycles. The average Bonchev–Trinajstić information content (AvgIpc) is 3.30. The van der Waals surface area contributed by atoms with Gasteiger partial charge >= 0.3 is 0 Å². The van der Waals surface area contributed by atoms with Crippen LogP contribution in [0.3, 0.4) is 0 Å². The Balaban J connectivity index is 1.59. The summed E-state index contributed by atoms with van der Waals surface area (Å²) in [6.45, 7) is 4.88. The van der Waals surface area contributed by atoms with E-state index < -0.39 is 0 Å². The van der Waals surface area contributed by atoms with Gasteiger partial charge in [0.2, 0.25) is 5.91 Å². The van der Waals surface area contributed by atoms with Gasteiger partial charge in [0.25, 0.3) is 0 Å². The van der Waals surface area contributed by atoms with Crippen LogP contribution in [-0.2, 0) is 11.2 Å². The van der Waals surface area contributed by atoms with Crippen LogP contribution >= 0.6 is 0 Å². The molecule has 4 rings (SSSR count). The molecule has 0 N–H and O–H groups in total. The quantitative estimate of drug-likeness (QED) is 0.732. The van der Waals surface area contributed by atoms with E-state index in [1.807, 2.05) is 24.0 Å². The van der Waals surface area contributed by atoms with Crippen molar-refractivity contribution in [2.24, 2.45) is 0 Å². The van der Waals surface area contributed by atoms with E-state index in [9.17, 15) is 4.79 Å². The summed E-state index contributed by atoms with van der Waals surface area (Å²) in [5.41, 5.74) is 4.99. The van der Waals surface area contributed by atoms with E-state index in [0.29, 0.717) is 6.42 Å². The van der Waals surface area contributed by atoms with Gasteiger partial charge in [-0.1, -0.05) is 17.3 Å². The number of furan rings is 1. The van der Waals surface area contributed by atoms with E-state index in [4.69, 9.17) is 8.94 Å². The summed E-state index contributed by atoms with van der Waals surface area (Å²) in [4.78, 5) is 14.8. The Morgan fingerprint density at radius 3 is 3.00 bits per heavy atom. The first kappa shape index (κ1) is 15.0. The Kier molecular flexibility index (Phi) is 3.63. The summed E-state index contributed by atoms with van der Waals surface area (Å²) in [7, 11) is 0. The fourth-order valence-electron chi connectivity index (χ4n) is 3.56. The molecule has 1 amide bonds. The molecule has 3 aromatic rings. The van der Waals surface area contributed by atoms with Gasteiger partial charge in [-0.25, -0.2) is 0 Å². The second-order valence-electron chi connectivity index (χ2n) is 6.49. The molecule has 24 heavy (non-hydrogen) atoms. The molecule has 124 valence electrons. The standard InChI is InChI=1S/C19H20N2O3/c1-12-5-6-15-14(11-23-19(15)13(12)2)10-18(22)21-8-3-4-17(21)16-7-9-24-20-16/h5-7,9,11,17H,3-4,8,10H2,1-2H3/t17-/m1/s1. The minimum Gasteiger partial charge on any atom is -0.464 e. The minimum absolute atomic E-state index is 0.0263. The Morgan fingerprint density at radius 2 is 2.21 bits per heavy atom. The number of hydrogen-bond donors (Lipinski definition) is 0. The highest BCUT2D eigenvalue weighted by Gasteiger charge is 2.32. The first-order chi connectivity index (χ1) is 11.6. The van der Waals surface area contributed by atoms with Crippen LogP contribution in [0.5, 0.6) is 0 Å². The van der Waals surface area contributed by atoms with E-state index >= 15 is 0 Å². The fraction of sp³-hybridized carbons (Fsp3) is 0.368. The SMILES string of the molecule is Cc1ccc2c(CC(=O)N3CCC[C@@H]3c3ccon3)coc2c1C. The molecule has 1 saturated heterocycles. The van der Waals surface area contributed by atoms with Crippen molar-refractivity contribution < 1.29 is 13.7 Å². The summed E-state index contributed by atoms with van der Waals surface area (Å²) in [6.07, 6.45) is 5.56. The summed E-state index contributed by atoms with van der Waals surface area (Å²) < 4.78 is 10.7. The molecular weight excluding hydrogens is 304 g/mol. The maximum atomic E-state index is 12.8. The highest BCUT2D eigenvalue weighted by molar-refractivity contribution is 5.89. The van der Waals surface area contributed by atoms with E-state index in [1.165, 1.54) is 5.56 Å². The molecule has 0 spiro atoms. The molecule has 1 aliphatic rings. The van der Waals surface area contributed by atoms with Crippen molar-refractivity contribution >= 4 is 16.9 Å². The normalized spacial score (nSPS) is 17.8. The molecule has 0 radical (unpaired) electrons. The first-order valence-electron chi connectivity index (χ1n) is 8.31. The zero-order valence-electron chi connectivity index (χ0n) is 13.9. The van der Waals surface area contributed by atoms with Crippen molar-refractivity contribution in [3.63, 3.8) is 0 Å². The van der Waals surface area contributed by atoms with Gasteiger partial charge in [-0.05, 0) is 37.8 Å². The van der Waals surface area contributed by atoms with Gasteiger partial charge in [0.15, 0.2) is 0 Å². The minimum atomic E-state index is 0.0263. The molecule has 1 aromatic carbocycles. The summed E-state index contributed by atoms with van der Waals surface area (Å²) in [5.74, 6) is 0.112. The van der Waals surface area contributed by atoms with E-state index in [-0.39, 0.29) is 11.9 Å². The van der Waals surface area contributed by atoms with E-state index in [1.54, 1.807) is 12.5 Å². The summed E-state index contributed by atoms with van der Waals surface area (Å²) >= 11 is 0. The lowest BCUT2D eigenvalue weighted by molar-refractivity contribution is -0.131. The zero-order valence-corrected chi connectivity index (χ0v) is 13.9. The predicted octanol–water partition coefficient (Wildman–Crippen LogP) is 3.94. The first-order valence-corrected chi connectivity index (χ1v) is 8.31. The summed E-state index contributed by atoms with van der Waals surface area (Å²) in [6, 6.07) is 5.99. The molecule has 0 saturated carbocycles. The largest absolute Gasteiger partial charge is 0.464 e. The second kappa shape index (κ2) is 5.82. The number of amides is 1. The predicted molar refractivity (Wildman–Crippen MR) is 89.6 cm³/mol. The van der Waals surface area contributed by atoms with Crippen molar-refractivity contribution in [3.05, 3.63) is 53.1 Å². The van der Waals surface area contributed by atoms with Gasteiger partial charge in [-0.2, -0.15) is 0 Å². The van der Waals surface area contributed by atoms with Crippen LogP contribution in [0.1, 0.15) is 41.3 Å². The molecule has 3 heterocycles. The van der Waals surface area contributed by atoms with Crippen molar-refractivity contribution in [2.45, 2.75) is 39.2 Å². The smallest absolute Gasteiger partial charge is 0.227 e. The number of fused-ring (bicyclic) bond motifs is 1. The lowest BCUT2D eigenvalue weighted by Gasteiger charge is -2.22. The highest BCUT2D eigenvalue weighted by atomic mass is 16.5. The molecule has 0 bridgehead atoms. The molecule has 5 nitrogen and oxygen atoms in total. The molecule has 1 fully saturated rings. The van der Waals surface area contributed by atoms with Crippen molar-refractivity contribution in [2.75, 3.05) is 6.54 Å². The van der Waals surface area contributed by atoms with Crippen molar-refractivity contribution in [1.82, 2.24) is 10.1 Å². The van der Waals surface area contributed by atoms with E-state index in [0.717, 1.165) is 47.2 Å². The van der Waals surface area contributed by atoms with Crippen LogP contribution in [0.4, 0.5) is 0 Å². The highest BCUT2D eigenvalue weighted by Crippen LogP contribution is 2.32.